The molecule has 34 heavy (non-hydrogen) atoms. The van der Waals surface area contributed by atoms with Gasteiger partial charge in [0.1, 0.15) is 5.75 Å². The molecule has 10 heteroatoms. The molecule has 2 rings (SSSR count). The van der Waals surface area contributed by atoms with E-state index in [0.29, 0.717) is 43.2 Å². The van der Waals surface area contributed by atoms with E-state index in [4.69, 9.17) is 4.74 Å². The van der Waals surface area contributed by atoms with Crippen LogP contribution < -0.4 is 15.0 Å². The summed E-state index contributed by atoms with van der Waals surface area (Å²) in [6, 6.07) is 11.1. The Kier molecular flexibility index (Phi) is 9.88. The third-order valence-corrected chi connectivity index (χ3v) is 7.39. The van der Waals surface area contributed by atoms with Crippen LogP contribution in [0.15, 0.2) is 47.4 Å². The minimum absolute atomic E-state index is 0.109. The van der Waals surface area contributed by atoms with E-state index >= 15 is 0 Å². The Labute approximate surface area is 201 Å². The summed E-state index contributed by atoms with van der Waals surface area (Å²) < 4.78 is 37.4. The molecule has 0 radical (unpaired) electrons. The highest BCUT2D eigenvalue weighted by molar-refractivity contribution is 7.89. The zero-order valence-corrected chi connectivity index (χ0v) is 21.1. The van der Waals surface area contributed by atoms with Gasteiger partial charge in [0.25, 0.3) is 5.91 Å². The van der Waals surface area contributed by atoms with Crippen LogP contribution in [0.2, 0.25) is 0 Å². The molecular weight excluding hydrogens is 458 g/mol. The number of benzene rings is 2. The molecule has 186 valence electrons. The van der Waals surface area contributed by atoms with Crippen molar-refractivity contribution in [1.82, 2.24) is 4.31 Å². The molecule has 0 aromatic heterocycles. The summed E-state index contributed by atoms with van der Waals surface area (Å²) in [5.74, 6) is -0.640. The minimum atomic E-state index is -3.71. The highest BCUT2D eigenvalue weighted by Crippen LogP contribution is 2.31. The molecule has 1 amide bonds. The first-order chi connectivity index (χ1) is 16.2. The van der Waals surface area contributed by atoms with Crippen LogP contribution in [0.25, 0.3) is 0 Å². The van der Waals surface area contributed by atoms with Crippen molar-refractivity contribution in [2.24, 2.45) is 0 Å². The fraction of sp³-hybridized carbons (Fsp3) is 0.417. The number of esters is 1. The molecule has 0 spiro atoms. The second-order valence-electron chi connectivity index (χ2n) is 7.29. The zero-order valence-electron chi connectivity index (χ0n) is 20.3. The van der Waals surface area contributed by atoms with Crippen molar-refractivity contribution in [3.63, 3.8) is 0 Å². The Morgan fingerprint density at radius 2 is 1.62 bits per heavy atom. The van der Waals surface area contributed by atoms with Gasteiger partial charge in [-0.25, -0.2) is 13.2 Å². The number of nitrogens with one attached hydrogen (secondary N) is 1. The molecule has 0 heterocycles. The van der Waals surface area contributed by atoms with Crippen molar-refractivity contribution in [2.75, 3.05) is 50.1 Å². The van der Waals surface area contributed by atoms with E-state index in [9.17, 15) is 18.0 Å². The Hall–Kier alpha value is -3.11. The summed E-state index contributed by atoms with van der Waals surface area (Å²) in [7, 11) is -2.44. The van der Waals surface area contributed by atoms with Gasteiger partial charge >= 0.3 is 5.97 Å². The number of carbonyl (C=O) groups is 2. The monoisotopic (exact) mass is 491 g/mol. The second-order valence-corrected chi connectivity index (χ2v) is 9.23. The largest absolute Gasteiger partial charge is 0.482 e. The third-order valence-electron chi connectivity index (χ3n) is 5.34. The number of carbonyl (C=O) groups excluding carboxylic acids is 2. The van der Waals surface area contributed by atoms with Crippen molar-refractivity contribution in [3.05, 3.63) is 48.0 Å². The van der Waals surface area contributed by atoms with Gasteiger partial charge in [-0.3, -0.25) is 4.79 Å². The van der Waals surface area contributed by atoms with Crippen LogP contribution >= 0.6 is 0 Å². The maximum absolute atomic E-state index is 13.1. The van der Waals surface area contributed by atoms with Crippen LogP contribution in [0.4, 0.5) is 11.4 Å². The fourth-order valence-corrected chi connectivity index (χ4v) is 4.94. The summed E-state index contributed by atoms with van der Waals surface area (Å²) in [5.41, 5.74) is 1.41. The molecule has 1 N–H and O–H groups in total. The standard InChI is InChI=1S/C24H33N3O6S/c1-6-26(7-2)22-14-13-20(34(30,31)27(8-3)9-4)16-21(22)25-24(29)18-11-10-12-19(15-18)33-17-23(28)32-5/h10-16H,6-9,17H2,1-5H3,(H,25,29). The number of ether oxygens (including phenoxy) is 2. The maximum atomic E-state index is 13.1. The number of rotatable bonds is 12. The number of nitrogens with zero attached hydrogens (tertiary/aromatic N) is 2. The summed E-state index contributed by atoms with van der Waals surface area (Å²) >= 11 is 0. The van der Waals surface area contributed by atoms with Crippen molar-refractivity contribution >= 4 is 33.3 Å². The van der Waals surface area contributed by atoms with Gasteiger partial charge in [0.15, 0.2) is 6.61 Å². The molecule has 0 aliphatic carbocycles. The first-order valence-corrected chi connectivity index (χ1v) is 12.7. The lowest BCUT2D eigenvalue weighted by Gasteiger charge is -2.26. The molecule has 9 nitrogen and oxygen atoms in total. The number of hydrogen-bond acceptors (Lipinski definition) is 7. The van der Waals surface area contributed by atoms with Crippen molar-refractivity contribution in [1.29, 1.82) is 0 Å². The van der Waals surface area contributed by atoms with E-state index in [-0.39, 0.29) is 11.5 Å². The Bertz CT molecular complexity index is 1100. The van der Waals surface area contributed by atoms with E-state index in [1.165, 1.54) is 23.5 Å². The van der Waals surface area contributed by atoms with Crippen LogP contribution in [0.5, 0.6) is 5.75 Å². The lowest BCUT2D eigenvalue weighted by molar-refractivity contribution is -0.142. The topological polar surface area (TPSA) is 105 Å². The lowest BCUT2D eigenvalue weighted by atomic mass is 10.1. The first-order valence-electron chi connectivity index (χ1n) is 11.2. The second kappa shape index (κ2) is 12.4. The Morgan fingerprint density at radius 1 is 0.941 bits per heavy atom. The number of methoxy groups -OCH3 is 1. The summed E-state index contributed by atoms with van der Waals surface area (Å²) in [4.78, 5) is 26.5. The maximum Gasteiger partial charge on any atom is 0.343 e. The van der Waals surface area contributed by atoms with Gasteiger partial charge in [-0.2, -0.15) is 4.31 Å². The first kappa shape index (κ1) is 27.1. The van der Waals surface area contributed by atoms with Gasteiger partial charge in [0, 0.05) is 31.7 Å². The Balaban J connectivity index is 2.42. The molecule has 0 saturated carbocycles. The van der Waals surface area contributed by atoms with Crippen molar-refractivity contribution < 1.29 is 27.5 Å². The van der Waals surface area contributed by atoms with Crippen LogP contribution in [0.1, 0.15) is 38.1 Å². The molecule has 0 saturated heterocycles. The summed E-state index contributed by atoms with van der Waals surface area (Å²) in [6.07, 6.45) is 0. The molecule has 0 fully saturated rings. The third kappa shape index (κ3) is 6.48. The van der Waals surface area contributed by atoms with Crippen LogP contribution in [-0.2, 0) is 19.6 Å². The number of hydrogen-bond donors (Lipinski definition) is 1. The van der Waals surface area contributed by atoms with Gasteiger partial charge in [-0.15, -0.1) is 0 Å². The van der Waals surface area contributed by atoms with Gasteiger partial charge in [0.2, 0.25) is 10.0 Å². The van der Waals surface area contributed by atoms with Crippen LogP contribution in [-0.4, -0.2) is 64.5 Å². The molecule has 0 bridgehead atoms. The molecule has 2 aromatic rings. The van der Waals surface area contributed by atoms with Gasteiger partial charge < -0.3 is 19.7 Å². The smallest absolute Gasteiger partial charge is 0.343 e. The van der Waals surface area contributed by atoms with E-state index in [2.05, 4.69) is 10.1 Å². The van der Waals surface area contributed by atoms with Gasteiger partial charge in [-0.1, -0.05) is 19.9 Å². The average molecular weight is 492 g/mol. The minimum Gasteiger partial charge on any atom is -0.482 e. The fourth-order valence-electron chi connectivity index (χ4n) is 3.45. The van der Waals surface area contributed by atoms with E-state index in [1.54, 1.807) is 44.2 Å². The van der Waals surface area contributed by atoms with E-state index in [1.807, 2.05) is 18.7 Å². The normalized spacial score (nSPS) is 11.2. The number of sulfonamides is 1. The van der Waals surface area contributed by atoms with Gasteiger partial charge in [-0.05, 0) is 50.2 Å². The molecular formula is C24H33N3O6S. The summed E-state index contributed by atoms with van der Waals surface area (Å²) in [6.45, 7) is 9.30. The van der Waals surface area contributed by atoms with Crippen molar-refractivity contribution in [3.8, 4) is 5.75 Å². The highest BCUT2D eigenvalue weighted by atomic mass is 32.2. The molecule has 2 aromatic carbocycles. The van der Waals surface area contributed by atoms with E-state index in [0.717, 1.165) is 5.69 Å². The molecule has 0 atom stereocenters. The van der Waals surface area contributed by atoms with Crippen LogP contribution in [0.3, 0.4) is 0 Å². The SMILES string of the molecule is CCN(CC)c1ccc(S(=O)(=O)N(CC)CC)cc1NC(=O)c1cccc(OCC(=O)OC)c1. The Morgan fingerprint density at radius 3 is 2.21 bits per heavy atom. The average Bonchev–Trinajstić information content (AvgIpc) is 2.84. The quantitative estimate of drug-likeness (QED) is 0.454. The predicted molar refractivity (Wildman–Crippen MR) is 132 cm³/mol. The number of amides is 1. The molecule has 0 aliphatic rings. The highest BCUT2D eigenvalue weighted by Gasteiger charge is 2.24. The lowest BCUT2D eigenvalue weighted by Crippen LogP contribution is -2.31. The van der Waals surface area contributed by atoms with Crippen LogP contribution in [0, 0.1) is 0 Å². The van der Waals surface area contributed by atoms with E-state index < -0.39 is 21.9 Å². The van der Waals surface area contributed by atoms with Crippen molar-refractivity contribution in [2.45, 2.75) is 32.6 Å². The predicted octanol–water partition coefficient (Wildman–Crippen LogP) is 3.37. The zero-order chi connectivity index (χ0) is 25.3. The van der Waals surface area contributed by atoms with Gasteiger partial charge in [0.05, 0.1) is 23.4 Å². The molecule has 0 unspecified atom stereocenters. The molecule has 0 aliphatic heterocycles. The number of anilines is 2. The summed E-state index contributed by atoms with van der Waals surface area (Å²) in [5, 5.41) is 2.86.